The van der Waals surface area contributed by atoms with Gasteiger partial charge in [0.2, 0.25) is 5.95 Å². The molecular weight excluding hydrogens is 318 g/mol. The summed E-state index contributed by atoms with van der Waals surface area (Å²) in [7, 11) is 0. The zero-order valence-corrected chi connectivity index (χ0v) is 16.3. The average Bonchev–Trinajstić information content (AvgIpc) is 2.98. The summed E-state index contributed by atoms with van der Waals surface area (Å²) in [4.78, 5) is 17.2. The Bertz CT molecular complexity index is 680. The van der Waals surface area contributed by atoms with Crippen LogP contribution in [0.2, 0.25) is 0 Å². The van der Waals surface area contributed by atoms with Gasteiger partial charge in [0.05, 0.1) is 5.39 Å². The van der Waals surface area contributed by atoms with Gasteiger partial charge in [0, 0.05) is 43.1 Å². The van der Waals surface area contributed by atoms with Crippen LogP contribution in [0.5, 0.6) is 0 Å². The molecule has 0 amide bonds. The molecule has 132 valence electrons. The zero-order chi connectivity index (χ0) is 17.3. The van der Waals surface area contributed by atoms with Crippen LogP contribution in [0.25, 0.3) is 10.2 Å². The van der Waals surface area contributed by atoms with Gasteiger partial charge in [0.1, 0.15) is 10.6 Å². The number of aryl methyl sites for hydroxylation is 1. The Morgan fingerprint density at radius 2 is 1.83 bits per heavy atom. The maximum Gasteiger partial charge on any atom is 0.228 e. The van der Waals surface area contributed by atoms with Gasteiger partial charge in [-0.15, -0.1) is 11.3 Å². The van der Waals surface area contributed by atoms with Gasteiger partial charge < -0.3 is 15.1 Å². The summed E-state index contributed by atoms with van der Waals surface area (Å²) in [6, 6.07) is 3.10. The van der Waals surface area contributed by atoms with Gasteiger partial charge in [-0.3, -0.25) is 0 Å². The largest absolute Gasteiger partial charge is 0.351 e. The quantitative estimate of drug-likeness (QED) is 0.899. The van der Waals surface area contributed by atoms with E-state index >= 15 is 0 Å². The number of thiophene rings is 1. The Labute approximate surface area is 149 Å². The van der Waals surface area contributed by atoms with Crippen LogP contribution in [0.15, 0.2) is 6.07 Å². The van der Waals surface area contributed by atoms with Crippen molar-refractivity contribution in [1.29, 1.82) is 0 Å². The van der Waals surface area contributed by atoms with Crippen LogP contribution in [0.4, 0.5) is 11.8 Å². The van der Waals surface area contributed by atoms with Gasteiger partial charge in [-0.25, -0.2) is 4.98 Å². The van der Waals surface area contributed by atoms with Crippen molar-refractivity contribution < 1.29 is 0 Å². The summed E-state index contributed by atoms with van der Waals surface area (Å²) in [5.41, 5.74) is 0. The molecule has 0 radical (unpaired) electrons. The molecule has 5 nitrogen and oxygen atoms in total. The number of rotatable bonds is 5. The number of nitrogens with one attached hydrogen (secondary N) is 1. The summed E-state index contributed by atoms with van der Waals surface area (Å²) in [5.74, 6) is 1.98. The topological polar surface area (TPSA) is 44.3 Å². The molecule has 6 heteroatoms. The van der Waals surface area contributed by atoms with Crippen molar-refractivity contribution in [3.05, 3.63) is 10.9 Å². The van der Waals surface area contributed by atoms with Crippen LogP contribution in [0, 0.1) is 0 Å². The molecule has 1 aliphatic rings. The number of hydrogen-bond acceptors (Lipinski definition) is 6. The van der Waals surface area contributed by atoms with Gasteiger partial charge in [-0.2, -0.15) is 4.98 Å². The van der Waals surface area contributed by atoms with E-state index in [9.17, 15) is 0 Å². The van der Waals surface area contributed by atoms with Crippen molar-refractivity contribution in [3.63, 3.8) is 0 Å². The molecule has 0 aliphatic carbocycles. The van der Waals surface area contributed by atoms with E-state index in [4.69, 9.17) is 9.97 Å². The fraction of sp³-hybridized carbons (Fsp3) is 0.667. The smallest absolute Gasteiger partial charge is 0.228 e. The van der Waals surface area contributed by atoms with E-state index in [2.05, 4.69) is 55.8 Å². The second-order valence-electron chi connectivity index (χ2n) is 6.96. The third kappa shape index (κ3) is 3.35. The number of aromatic nitrogens is 2. The van der Waals surface area contributed by atoms with Gasteiger partial charge in [-0.1, -0.05) is 6.92 Å². The Balaban J connectivity index is 2.14. The number of nitrogens with zero attached hydrogens (tertiary/aromatic N) is 4. The number of anilines is 2. The summed E-state index contributed by atoms with van der Waals surface area (Å²) >= 11 is 1.81. The van der Waals surface area contributed by atoms with Crippen molar-refractivity contribution in [2.24, 2.45) is 0 Å². The average molecular weight is 348 g/mol. The molecule has 0 bridgehead atoms. The van der Waals surface area contributed by atoms with Crippen LogP contribution in [-0.2, 0) is 6.42 Å². The molecule has 1 saturated heterocycles. The number of fused-ring (bicyclic) bond motifs is 1. The highest BCUT2D eigenvalue weighted by Crippen LogP contribution is 2.34. The van der Waals surface area contributed by atoms with Gasteiger partial charge in [0.25, 0.3) is 0 Å². The molecule has 1 aliphatic heterocycles. The van der Waals surface area contributed by atoms with Crippen molar-refractivity contribution in [2.45, 2.75) is 53.1 Å². The van der Waals surface area contributed by atoms with Gasteiger partial charge in [-0.05, 0) is 40.2 Å². The molecule has 0 saturated carbocycles. The SMILES string of the molecule is CCc1cc2c(N(C(C)C)C(C)C)nc(N3CCNCC3)nc2s1. The second-order valence-corrected chi connectivity index (χ2v) is 8.08. The molecular formula is C18H29N5S. The van der Waals surface area contributed by atoms with Crippen LogP contribution < -0.4 is 15.1 Å². The maximum absolute atomic E-state index is 5.03. The van der Waals surface area contributed by atoms with E-state index in [0.29, 0.717) is 12.1 Å². The molecule has 3 rings (SSSR count). The van der Waals surface area contributed by atoms with Crippen molar-refractivity contribution >= 4 is 33.3 Å². The third-order valence-corrected chi connectivity index (χ3v) is 5.69. The van der Waals surface area contributed by atoms with E-state index in [1.165, 1.54) is 10.3 Å². The van der Waals surface area contributed by atoms with Gasteiger partial charge in [0.15, 0.2) is 0 Å². The Morgan fingerprint density at radius 3 is 2.42 bits per heavy atom. The minimum absolute atomic E-state index is 0.406. The first-order valence-corrected chi connectivity index (χ1v) is 9.87. The van der Waals surface area contributed by atoms with Crippen LogP contribution in [0.1, 0.15) is 39.5 Å². The molecule has 2 aromatic rings. The van der Waals surface area contributed by atoms with Gasteiger partial charge >= 0.3 is 0 Å². The molecule has 2 aromatic heterocycles. The minimum atomic E-state index is 0.406. The predicted octanol–water partition coefficient (Wildman–Crippen LogP) is 3.29. The molecule has 1 N–H and O–H groups in total. The molecule has 0 unspecified atom stereocenters. The van der Waals surface area contributed by atoms with E-state index in [1.807, 2.05) is 11.3 Å². The fourth-order valence-corrected chi connectivity index (χ4v) is 4.37. The number of piperazine rings is 1. The minimum Gasteiger partial charge on any atom is -0.351 e. The van der Waals surface area contributed by atoms with E-state index < -0.39 is 0 Å². The lowest BCUT2D eigenvalue weighted by Gasteiger charge is -2.34. The van der Waals surface area contributed by atoms with E-state index in [-0.39, 0.29) is 0 Å². The van der Waals surface area contributed by atoms with Crippen LogP contribution in [0.3, 0.4) is 0 Å². The summed E-state index contributed by atoms with van der Waals surface area (Å²) in [5, 5.41) is 4.61. The maximum atomic E-state index is 5.03. The second kappa shape index (κ2) is 7.23. The van der Waals surface area contributed by atoms with E-state index in [1.54, 1.807) is 0 Å². The van der Waals surface area contributed by atoms with Crippen molar-refractivity contribution in [2.75, 3.05) is 36.0 Å². The Hall–Kier alpha value is -1.40. The standard InChI is InChI=1S/C18H29N5S/c1-6-14-11-15-16(23(12(2)3)13(4)5)20-18(21-17(15)24-14)22-9-7-19-8-10-22/h11-13,19H,6-10H2,1-5H3. The molecule has 0 aromatic carbocycles. The first-order valence-electron chi connectivity index (χ1n) is 9.05. The summed E-state index contributed by atoms with van der Waals surface area (Å²) < 4.78 is 0. The predicted molar refractivity (Wildman–Crippen MR) is 105 cm³/mol. The lowest BCUT2D eigenvalue weighted by Crippen LogP contribution is -2.44. The molecule has 1 fully saturated rings. The number of hydrogen-bond donors (Lipinski definition) is 1. The fourth-order valence-electron chi connectivity index (χ4n) is 3.41. The summed E-state index contributed by atoms with van der Waals surface area (Å²) in [6.45, 7) is 15.1. The van der Waals surface area contributed by atoms with Crippen LogP contribution in [-0.4, -0.2) is 48.2 Å². The molecule has 3 heterocycles. The van der Waals surface area contributed by atoms with Crippen LogP contribution >= 0.6 is 11.3 Å². The highest BCUT2D eigenvalue weighted by atomic mass is 32.1. The summed E-state index contributed by atoms with van der Waals surface area (Å²) in [6.07, 6.45) is 1.05. The monoisotopic (exact) mass is 347 g/mol. The lowest BCUT2D eigenvalue weighted by atomic mass is 10.2. The van der Waals surface area contributed by atoms with Crippen molar-refractivity contribution in [3.8, 4) is 0 Å². The van der Waals surface area contributed by atoms with E-state index in [0.717, 1.165) is 49.2 Å². The van der Waals surface area contributed by atoms with Crippen molar-refractivity contribution in [1.82, 2.24) is 15.3 Å². The highest BCUT2D eigenvalue weighted by molar-refractivity contribution is 7.18. The third-order valence-electron chi connectivity index (χ3n) is 4.52. The molecule has 0 spiro atoms. The lowest BCUT2D eigenvalue weighted by molar-refractivity contribution is 0.576. The normalized spacial score (nSPS) is 15.7. The highest BCUT2D eigenvalue weighted by Gasteiger charge is 2.23. The first kappa shape index (κ1) is 17.4. The Morgan fingerprint density at radius 1 is 1.17 bits per heavy atom. The molecule has 24 heavy (non-hydrogen) atoms. The molecule has 0 atom stereocenters. The zero-order valence-electron chi connectivity index (χ0n) is 15.5. The Kier molecular flexibility index (Phi) is 5.25. The first-order chi connectivity index (χ1) is 11.5.